The lowest BCUT2D eigenvalue weighted by Gasteiger charge is -2.34. The first-order valence-corrected chi connectivity index (χ1v) is 20.4. The molecule has 0 aliphatic heterocycles. The quantitative estimate of drug-likeness (QED) is 0.148. The molecule has 0 heterocycles. The summed E-state index contributed by atoms with van der Waals surface area (Å²) in [6, 6.07) is 1.04. The van der Waals surface area contributed by atoms with Gasteiger partial charge in [0, 0.05) is 37.0 Å². The summed E-state index contributed by atoms with van der Waals surface area (Å²) in [5.74, 6) is 0. The van der Waals surface area contributed by atoms with E-state index in [0.29, 0.717) is 5.16 Å². The van der Waals surface area contributed by atoms with Gasteiger partial charge in [0.15, 0.2) is 0 Å². The van der Waals surface area contributed by atoms with Crippen molar-refractivity contribution in [2.24, 2.45) is 0 Å². The van der Waals surface area contributed by atoms with E-state index < -0.39 is 17.1 Å². The second-order valence-corrected chi connectivity index (χ2v) is 19.2. The number of rotatable bonds is 24. The smallest absolute Gasteiger partial charge is 0.334 e. The lowest BCUT2D eigenvalue weighted by Crippen LogP contribution is -2.48. The summed E-state index contributed by atoms with van der Waals surface area (Å²) in [5, 5.41) is 4.39. The third-order valence-corrected chi connectivity index (χ3v) is 18.4. The molecule has 0 amide bonds. The van der Waals surface area contributed by atoms with Gasteiger partial charge in [-0.05, 0) is 83.3 Å². The molecule has 33 heavy (non-hydrogen) atoms. The highest BCUT2D eigenvalue weighted by molar-refractivity contribution is 6.77. The molecular weight excluding hydrogens is 465 g/mol. The maximum Gasteiger partial charge on any atom is 0.334 e. The normalized spacial score (nSPS) is 14.1. The Labute approximate surface area is 211 Å². The van der Waals surface area contributed by atoms with Crippen molar-refractivity contribution in [1.29, 1.82) is 0 Å². The van der Waals surface area contributed by atoms with Crippen LogP contribution in [0.15, 0.2) is 0 Å². The Balaban J connectivity index is 4.45. The highest BCUT2D eigenvalue weighted by Gasteiger charge is 2.40. The van der Waals surface area contributed by atoms with E-state index in [4.69, 9.17) is 17.7 Å². The Hall–Kier alpha value is 0.411. The number of nitrogens with zero attached hydrogens (tertiary/aromatic N) is 1. The molecule has 1 N–H and O–H groups in total. The van der Waals surface area contributed by atoms with Crippen LogP contribution in [0.5, 0.6) is 0 Å². The van der Waals surface area contributed by atoms with Crippen LogP contribution in [0.1, 0.15) is 72.6 Å². The van der Waals surface area contributed by atoms with Crippen LogP contribution in [0.4, 0.5) is 0 Å². The number of hydrogen-bond acceptors (Lipinski definition) is 6. The minimum atomic E-state index is -2.11. The number of nitrogens with one attached hydrogen (secondary N) is 1. The SMILES string of the molecule is CCO[Si](C)(OCC)C(CCCCCCCN(CC)CC)[SiH2]CNCCC[Si](C)(OC)OC. The molecular formula is C24H58N2O4Si3. The van der Waals surface area contributed by atoms with Crippen molar-refractivity contribution in [2.45, 2.75) is 96.9 Å². The molecule has 0 aromatic rings. The molecule has 0 aliphatic carbocycles. The average Bonchev–Trinajstić information content (AvgIpc) is 2.81. The van der Waals surface area contributed by atoms with E-state index in [1.54, 1.807) is 14.2 Å². The fourth-order valence-electron chi connectivity index (χ4n) is 4.54. The molecule has 0 rings (SSSR count). The van der Waals surface area contributed by atoms with Gasteiger partial charge in [-0.2, -0.15) is 0 Å². The molecule has 1 atom stereocenters. The topological polar surface area (TPSA) is 52.2 Å². The first-order valence-electron chi connectivity index (χ1n) is 13.7. The monoisotopic (exact) mass is 522 g/mol. The maximum absolute atomic E-state index is 6.32. The fraction of sp³-hybridized carbons (Fsp3) is 1.00. The average molecular weight is 523 g/mol. The third-order valence-electron chi connectivity index (χ3n) is 7.04. The Morgan fingerprint density at radius 3 is 1.94 bits per heavy atom. The second-order valence-electron chi connectivity index (χ2n) is 9.35. The van der Waals surface area contributed by atoms with Crippen molar-refractivity contribution in [1.82, 2.24) is 10.2 Å². The Bertz CT molecular complexity index is 436. The number of hydrogen-bond donors (Lipinski definition) is 1. The summed E-state index contributed by atoms with van der Waals surface area (Å²) in [7, 11) is -0.802. The Morgan fingerprint density at radius 2 is 1.39 bits per heavy atom. The molecule has 1 unspecified atom stereocenters. The molecule has 0 bridgehead atoms. The van der Waals surface area contributed by atoms with Crippen LogP contribution in [-0.2, 0) is 17.7 Å². The third kappa shape index (κ3) is 15.2. The van der Waals surface area contributed by atoms with Crippen molar-refractivity contribution in [3.8, 4) is 0 Å². The summed E-state index contributed by atoms with van der Waals surface area (Å²) in [5.41, 5.74) is 0. The van der Waals surface area contributed by atoms with Crippen LogP contribution in [-0.4, -0.2) is 91.3 Å². The first-order chi connectivity index (χ1) is 15.8. The van der Waals surface area contributed by atoms with Crippen LogP contribution in [0.3, 0.4) is 0 Å². The zero-order valence-electron chi connectivity index (χ0n) is 23.5. The lowest BCUT2D eigenvalue weighted by molar-refractivity contribution is 0.184. The molecule has 0 saturated carbocycles. The highest BCUT2D eigenvalue weighted by Crippen LogP contribution is 2.29. The molecule has 6 nitrogen and oxygen atoms in total. The van der Waals surface area contributed by atoms with Gasteiger partial charge in [-0.1, -0.05) is 46.0 Å². The first kappa shape index (κ1) is 33.4. The Morgan fingerprint density at radius 1 is 0.818 bits per heavy atom. The van der Waals surface area contributed by atoms with Crippen molar-refractivity contribution < 1.29 is 17.7 Å². The van der Waals surface area contributed by atoms with E-state index in [-0.39, 0.29) is 9.52 Å². The van der Waals surface area contributed by atoms with E-state index in [2.05, 4.69) is 51.0 Å². The number of unbranched alkanes of at least 4 members (excludes halogenated alkanes) is 4. The summed E-state index contributed by atoms with van der Waals surface area (Å²) in [6.07, 6.45) is 10.3. The van der Waals surface area contributed by atoms with Gasteiger partial charge in [-0.25, -0.2) is 0 Å². The van der Waals surface area contributed by atoms with Crippen molar-refractivity contribution in [2.75, 3.05) is 59.8 Å². The highest BCUT2D eigenvalue weighted by atomic mass is 28.4. The molecule has 9 heteroatoms. The second kappa shape index (κ2) is 20.6. The molecule has 200 valence electrons. The van der Waals surface area contributed by atoms with E-state index in [1.807, 2.05) is 0 Å². The van der Waals surface area contributed by atoms with Gasteiger partial charge in [0.1, 0.15) is 0 Å². The van der Waals surface area contributed by atoms with E-state index in [1.165, 1.54) is 58.2 Å². The van der Waals surface area contributed by atoms with Gasteiger partial charge in [0.05, 0.1) is 0 Å². The molecule has 0 spiro atoms. The summed E-state index contributed by atoms with van der Waals surface area (Å²) < 4.78 is 23.8. The molecule has 0 aromatic heterocycles. The summed E-state index contributed by atoms with van der Waals surface area (Å²) in [6.45, 7) is 19.4. The van der Waals surface area contributed by atoms with Gasteiger partial charge in [-0.15, -0.1) is 0 Å². The minimum Gasteiger partial charge on any atom is -0.398 e. The molecule has 0 aliphatic rings. The van der Waals surface area contributed by atoms with Crippen LogP contribution in [0.2, 0.25) is 24.3 Å². The summed E-state index contributed by atoms with van der Waals surface area (Å²) in [4.78, 5) is 2.53. The van der Waals surface area contributed by atoms with Crippen molar-refractivity contribution in [3.63, 3.8) is 0 Å². The van der Waals surface area contributed by atoms with Crippen molar-refractivity contribution >= 4 is 26.6 Å². The van der Waals surface area contributed by atoms with Gasteiger partial charge in [0.2, 0.25) is 0 Å². The maximum atomic E-state index is 6.32. The predicted octanol–water partition coefficient (Wildman–Crippen LogP) is 4.61. The van der Waals surface area contributed by atoms with Gasteiger partial charge >= 0.3 is 17.1 Å². The van der Waals surface area contributed by atoms with E-state index in [0.717, 1.165) is 38.4 Å². The van der Waals surface area contributed by atoms with Crippen LogP contribution >= 0.6 is 0 Å². The predicted molar refractivity (Wildman–Crippen MR) is 151 cm³/mol. The molecule has 0 aromatic carbocycles. The summed E-state index contributed by atoms with van der Waals surface area (Å²) >= 11 is 0. The largest absolute Gasteiger partial charge is 0.398 e. The molecule has 0 fully saturated rings. The van der Waals surface area contributed by atoms with Gasteiger partial charge in [-0.3, -0.25) is 0 Å². The minimum absolute atomic E-state index is 0.310. The zero-order chi connectivity index (χ0) is 25.0. The molecule has 0 saturated heterocycles. The van der Waals surface area contributed by atoms with Gasteiger partial charge < -0.3 is 27.9 Å². The fourth-order valence-corrected chi connectivity index (χ4v) is 13.0. The lowest BCUT2D eigenvalue weighted by atomic mass is 10.1. The van der Waals surface area contributed by atoms with E-state index in [9.17, 15) is 0 Å². The zero-order valence-corrected chi connectivity index (χ0v) is 26.9. The van der Waals surface area contributed by atoms with Crippen molar-refractivity contribution in [3.05, 3.63) is 0 Å². The Kier molecular flexibility index (Phi) is 20.8. The van der Waals surface area contributed by atoms with E-state index >= 15 is 0 Å². The van der Waals surface area contributed by atoms with Crippen LogP contribution in [0.25, 0.3) is 0 Å². The standard InChI is InChI=1S/C24H58N2O4Si3/c1-9-26(10-2)21-17-15-13-14-16-19-24(33(8,29-11-3)30-12-4)31-23-25-20-18-22-32(7,27-5)28-6/h24-25H,9-23,31H2,1-8H3. The van der Waals surface area contributed by atoms with Gasteiger partial charge in [0.25, 0.3) is 0 Å². The molecule has 0 radical (unpaired) electrons. The van der Waals surface area contributed by atoms with Crippen LogP contribution in [0, 0.1) is 0 Å². The van der Waals surface area contributed by atoms with Crippen LogP contribution < -0.4 is 5.32 Å².